The van der Waals surface area contributed by atoms with Gasteiger partial charge in [-0.2, -0.15) is 0 Å². The number of ether oxygens (including phenoxy) is 2. The summed E-state index contributed by atoms with van der Waals surface area (Å²) in [5, 5.41) is 0.593. The van der Waals surface area contributed by atoms with E-state index in [1.54, 1.807) is 13.2 Å². The highest BCUT2D eigenvalue weighted by Gasteiger charge is 2.05. The summed E-state index contributed by atoms with van der Waals surface area (Å²) in [6.07, 6.45) is 0. The molecule has 0 fully saturated rings. The molecular weight excluding hydrogens is 395 g/mol. The van der Waals surface area contributed by atoms with Gasteiger partial charge in [-0.25, -0.2) is 0 Å². The summed E-state index contributed by atoms with van der Waals surface area (Å²) in [4.78, 5) is 0. The fourth-order valence-electron chi connectivity index (χ4n) is 1.55. The standard InChI is InChI=1S/C14H11Br2ClO2/c1-18-13-5-2-9(6-11(13)16)8-19-14-7-10(15)3-4-12(14)17/h2-7H,8H2,1H3. The molecule has 0 aliphatic rings. The Morgan fingerprint density at radius 1 is 1.05 bits per heavy atom. The highest BCUT2D eigenvalue weighted by atomic mass is 79.9. The van der Waals surface area contributed by atoms with Crippen LogP contribution in [0.2, 0.25) is 5.02 Å². The smallest absolute Gasteiger partial charge is 0.139 e. The molecule has 0 aromatic heterocycles. The lowest BCUT2D eigenvalue weighted by molar-refractivity contribution is 0.306. The normalized spacial score (nSPS) is 10.3. The van der Waals surface area contributed by atoms with Gasteiger partial charge in [0.1, 0.15) is 18.1 Å². The zero-order chi connectivity index (χ0) is 13.8. The summed E-state index contributed by atoms with van der Waals surface area (Å²) >= 11 is 12.9. The minimum Gasteiger partial charge on any atom is -0.496 e. The van der Waals surface area contributed by atoms with E-state index in [0.717, 1.165) is 20.3 Å². The highest BCUT2D eigenvalue weighted by Crippen LogP contribution is 2.30. The van der Waals surface area contributed by atoms with Gasteiger partial charge in [0.25, 0.3) is 0 Å². The van der Waals surface area contributed by atoms with Crippen molar-refractivity contribution in [1.82, 2.24) is 0 Å². The minimum absolute atomic E-state index is 0.443. The summed E-state index contributed by atoms with van der Waals surface area (Å²) in [5.74, 6) is 1.45. The fourth-order valence-corrected chi connectivity index (χ4v) is 2.65. The zero-order valence-electron chi connectivity index (χ0n) is 10.1. The summed E-state index contributed by atoms with van der Waals surface area (Å²) in [6.45, 7) is 0.443. The number of methoxy groups -OCH3 is 1. The van der Waals surface area contributed by atoms with Crippen LogP contribution in [0.5, 0.6) is 11.5 Å². The van der Waals surface area contributed by atoms with Crippen molar-refractivity contribution in [3.05, 3.63) is 55.9 Å². The SMILES string of the molecule is COc1ccc(COc2cc(Br)ccc2Cl)cc1Br. The molecule has 0 saturated heterocycles. The van der Waals surface area contributed by atoms with E-state index in [2.05, 4.69) is 31.9 Å². The monoisotopic (exact) mass is 404 g/mol. The molecule has 5 heteroatoms. The molecule has 0 bridgehead atoms. The molecule has 0 unspecified atom stereocenters. The van der Waals surface area contributed by atoms with Crippen LogP contribution in [0.1, 0.15) is 5.56 Å². The van der Waals surface area contributed by atoms with Gasteiger partial charge in [-0.1, -0.05) is 33.6 Å². The summed E-state index contributed by atoms with van der Waals surface area (Å²) < 4.78 is 12.7. The zero-order valence-corrected chi connectivity index (χ0v) is 14.0. The first kappa shape index (κ1) is 14.7. The average Bonchev–Trinajstić information content (AvgIpc) is 2.40. The van der Waals surface area contributed by atoms with Crippen molar-refractivity contribution in [3.63, 3.8) is 0 Å². The molecule has 0 atom stereocenters. The Bertz CT molecular complexity index is 588. The van der Waals surface area contributed by atoms with Crippen molar-refractivity contribution in [3.8, 4) is 11.5 Å². The van der Waals surface area contributed by atoms with Crippen LogP contribution in [0.15, 0.2) is 45.3 Å². The average molecular weight is 407 g/mol. The van der Waals surface area contributed by atoms with Gasteiger partial charge in [-0.05, 0) is 51.8 Å². The first-order chi connectivity index (χ1) is 9.10. The molecule has 0 spiro atoms. The Balaban J connectivity index is 2.10. The predicted molar refractivity (Wildman–Crippen MR) is 84.2 cm³/mol. The molecular formula is C14H11Br2ClO2. The molecule has 0 aliphatic heterocycles. The second kappa shape index (κ2) is 6.64. The van der Waals surface area contributed by atoms with E-state index >= 15 is 0 Å². The van der Waals surface area contributed by atoms with Crippen molar-refractivity contribution in [2.75, 3.05) is 7.11 Å². The quantitative estimate of drug-likeness (QED) is 0.672. The fraction of sp³-hybridized carbons (Fsp3) is 0.143. The third-order valence-electron chi connectivity index (χ3n) is 2.50. The van der Waals surface area contributed by atoms with Gasteiger partial charge in [0, 0.05) is 4.47 Å². The second-order valence-corrected chi connectivity index (χ2v) is 6.01. The maximum atomic E-state index is 6.07. The van der Waals surface area contributed by atoms with Crippen molar-refractivity contribution in [2.24, 2.45) is 0 Å². The van der Waals surface area contributed by atoms with Gasteiger partial charge in [0.15, 0.2) is 0 Å². The van der Waals surface area contributed by atoms with Crippen LogP contribution in [-0.4, -0.2) is 7.11 Å². The highest BCUT2D eigenvalue weighted by molar-refractivity contribution is 9.10. The predicted octanol–water partition coefficient (Wildman–Crippen LogP) is 5.45. The van der Waals surface area contributed by atoms with E-state index in [1.165, 1.54) is 0 Å². The summed E-state index contributed by atoms with van der Waals surface area (Å²) in [5.41, 5.74) is 1.03. The Morgan fingerprint density at radius 3 is 2.53 bits per heavy atom. The molecule has 2 rings (SSSR count). The molecule has 0 N–H and O–H groups in total. The third kappa shape index (κ3) is 3.88. The van der Waals surface area contributed by atoms with Crippen molar-refractivity contribution in [1.29, 1.82) is 0 Å². The number of hydrogen-bond donors (Lipinski definition) is 0. The summed E-state index contributed by atoms with van der Waals surface area (Å²) in [6, 6.07) is 11.3. The molecule has 0 aliphatic carbocycles. The van der Waals surface area contributed by atoms with E-state index in [4.69, 9.17) is 21.1 Å². The van der Waals surface area contributed by atoms with Crippen molar-refractivity contribution in [2.45, 2.75) is 6.61 Å². The Hall–Kier alpha value is -0.710. The lowest BCUT2D eigenvalue weighted by Gasteiger charge is -2.10. The molecule has 0 heterocycles. The van der Waals surface area contributed by atoms with E-state index in [9.17, 15) is 0 Å². The first-order valence-electron chi connectivity index (χ1n) is 5.50. The van der Waals surface area contributed by atoms with Gasteiger partial charge >= 0.3 is 0 Å². The number of rotatable bonds is 4. The lowest BCUT2D eigenvalue weighted by Crippen LogP contribution is -1.96. The third-order valence-corrected chi connectivity index (χ3v) is 3.93. The molecule has 0 radical (unpaired) electrons. The van der Waals surface area contributed by atoms with E-state index < -0.39 is 0 Å². The first-order valence-corrected chi connectivity index (χ1v) is 7.47. The van der Waals surface area contributed by atoms with Gasteiger partial charge in [0.05, 0.1) is 16.6 Å². The van der Waals surface area contributed by atoms with Crippen LogP contribution in [0, 0.1) is 0 Å². The molecule has 100 valence electrons. The van der Waals surface area contributed by atoms with Crippen molar-refractivity contribution >= 4 is 43.5 Å². The van der Waals surface area contributed by atoms with Crippen LogP contribution in [-0.2, 0) is 6.61 Å². The molecule has 2 aromatic carbocycles. The molecule has 2 aromatic rings. The molecule has 0 amide bonds. The largest absolute Gasteiger partial charge is 0.496 e. The lowest BCUT2D eigenvalue weighted by atomic mass is 10.2. The van der Waals surface area contributed by atoms with Gasteiger partial charge < -0.3 is 9.47 Å². The van der Waals surface area contributed by atoms with Gasteiger partial charge in [0.2, 0.25) is 0 Å². The molecule has 19 heavy (non-hydrogen) atoms. The minimum atomic E-state index is 0.443. The number of hydrogen-bond acceptors (Lipinski definition) is 2. The van der Waals surface area contributed by atoms with E-state index in [0.29, 0.717) is 17.4 Å². The van der Waals surface area contributed by atoms with Gasteiger partial charge in [-0.3, -0.25) is 0 Å². The Morgan fingerprint density at radius 2 is 1.84 bits per heavy atom. The maximum absolute atomic E-state index is 6.07. The second-order valence-electron chi connectivity index (χ2n) is 3.83. The van der Waals surface area contributed by atoms with Crippen molar-refractivity contribution < 1.29 is 9.47 Å². The Kier molecular flexibility index (Phi) is 5.13. The van der Waals surface area contributed by atoms with Crippen LogP contribution in [0.25, 0.3) is 0 Å². The molecule has 0 saturated carbocycles. The molecule has 2 nitrogen and oxygen atoms in total. The summed E-state index contributed by atoms with van der Waals surface area (Å²) in [7, 11) is 1.64. The Labute approximate surface area is 133 Å². The number of halogens is 3. The maximum Gasteiger partial charge on any atom is 0.139 e. The van der Waals surface area contributed by atoms with Gasteiger partial charge in [-0.15, -0.1) is 0 Å². The van der Waals surface area contributed by atoms with Crippen LogP contribution in [0.4, 0.5) is 0 Å². The van der Waals surface area contributed by atoms with Crippen LogP contribution >= 0.6 is 43.5 Å². The van der Waals surface area contributed by atoms with E-state index in [1.807, 2.05) is 30.3 Å². The van der Waals surface area contributed by atoms with E-state index in [-0.39, 0.29) is 0 Å². The van der Waals surface area contributed by atoms with Crippen LogP contribution in [0.3, 0.4) is 0 Å². The van der Waals surface area contributed by atoms with Crippen LogP contribution < -0.4 is 9.47 Å². The topological polar surface area (TPSA) is 18.5 Å². The number of benzene rings is 2.